The molecule has 1 aliphatic heterocycles. The minimum atomic E-state index is -3.25. The van der Waals surface area contributed by atoms with Gasteiger partial charge in [-0.3, -0.25) is 4.57 Å². The molecule has 0 aromatic heterocycles. The maximum atomic E-state index is 12.6. The van der Waals surface area contributed by atoms with E-state index in [1.54, 1.807) is 0 Å². The van der Waals surface area contributed by atoms with Gasteiger partial charge < -0.3 is 23.8 Å². The predicted octanol–water partition coefficient (Wildman–Crippen LogP) is 2.34. The lowest BCUT2D eigenvalue weighted by Gasteiger charge is -2.29. The first kappa shape index (κ1) is 17.1. The Hall–Kier alpha value is 0.0300. The molecule has 1 unspecified atom stereocenters. The van der Waals surface area contributed by atoms with Gasteiger partial charge in [-0.2, -0.15) is 0 Å². The van der Waals surface area contributed by atoms with Crippen molar-refractivity contribution in [2.24, 2.45) is 0 Å². The molecule has 1 rings (SSSR count). The molecule has 0 amide bonds. The molecule has 1 fully saturated rings. The third-order valence-corrected chi connectivity index (χ3v) is 5.33. The summed E-state index contributed by atoms with van der Waals surface area (Å²) in [7, 11) is -0.476. The van der Waals surface area contributed by atoms with E-state index in [-0.39, 0.29) is 6.10 Å². The fraction of sp³-hybridized carbons (Fsp3) is 1.00. The Balaban J connectivity index is 2.78. The van der Waals surface area contributed by atoms with Crippen LogP contribution in [0.4, 0.5) is 0 Å². The summed E-state index contributed by atoms with van der Waals surface area (Å²) in [6.07, 6.45) is 1.69. The van der Waals surface area contributed by atoms with Gasteiger partial charge in [0.25, 0.3) is 0 Å². The van der Waals surface area contributed by atoms with Gasteiger partial charge in [0, 0.05) is 14.2 Å². The molecule has 2 atom stereocenters. The molecule has 1 heterocycles. The Kier molecular flexibility index (Phi) is 6.43. The Labute approximate surface area is 115 Å². The van der Waals surface area contributed by atoms with Crippen LogP contribution in [0.1, 0.15) is 33.6 Å². The van der Waals surface area contributed by atoms with Gasteiger partial charge in [-0.15, -0.1) is 0 Å². The van der Waals surface area contributed by atoms with Gasteiger partial charge >= 0.3 is 7.60 Å². The molecule has 114 valence electrons. The highest BCUT2D eigenvalue weighted by Crippen LogP contribution is 2.53. The van der Waals surface area contributed by atoms with Gasteiger partial charge in [0.15, 0.2) is 5.79 Å². The zero-order valence-electron chi connectivity index (χ0n) is 12.5. The molecule has 1 saturated heterocycles. The monoisotopic (exact) mass is 295 g/mol. The van der Waals surface area contributed by atoms with Gasteiger partial charge in [0.05, 0.1) is 6.61 Å². The van der Waals surface area contributed by atoms with Gasteiger partial charge in [-0.1, -0.05) is 13.3 Å². The van der Waals surface area contributed by atoms with Gasteiger partial charge in [-0.25, -0.2) is 0 Å². The zero-order valence-corrected chi connectivity index (χ0v) is 13.4. The normalized spacial score (nSPS) is 24.6. The minimum absolute atomic E-state index is 0.349. The van der Waals surface area contributed by atoms with Crippen LogP contribution in [0.3, 0.4) is 0 Å². The third kappa shape index (κ3) is 4.52. The molecule has 0 saturated carbocycles. The lowest BCUT2D eigenvalue weighted by molar-refractivity contribution is -0.139. The topological polar surface area (TPSA) is 66.0 Å². The molecule has 7 heteroatoms. The average molecular weight is 295 g/mol. The van der Waals surface area contributed by atoms with Crippen molar-refractivity contribution in [2.75, 3.05) is 27.4 Å². The van der Waals surface area contributed by atoms with Crippen molar-refractivity contribution in [3.63, 3.8) is 0 Å². The highest BCUT2D eigenvalue weighted by atomic mass is 31.2. The van der Waals surface area contributed by atoms with Gasteiger partial charge in [0.1, 0.15) is 11.9 Å². The molecule has 0 aliphatic carbocycles. The smallest absolute Gasteiger partial charge is 0.348 e. The van der Waals surface area contributed by atoms with Crippen LogP contribution in [0.2, 0.25) is 0 Å². The molecule has 0 bridgehead atoms. The molecular formula is C12H26NO5P. The summed E-state index contributed by atoms with van der Waals surface area (Å²) >= 11 is 0. The summed E-state index contributed by atoms with van der Waals surface area (Å²) in [4.78, 5) is 0. The predicted molar refractivity (Wildman–Crippen MR) is 73.2 cm³/mol. The summed E-state index contributed by atoms with van der Waals surface area (Å²) in [6, 6.07) is 0. The summed E-state index contributed by atoms with van der Waals surface area (Å²) in [5.41, 5.74) is 0. The molecular weight excluding hydrogens is 269 g/mol. The molecule has 6 nitrogen and oxygen atoms in total. The van der Waals surface area contributed by atoms with E-state index < -0.39 is 19.2 Å². The number of hydrogen-bond acceptors (Lipinski definition) is 6. The van der Waals surface area contributed by atoms with Crippen LogP contribution in [0.5, 0.6) is 0 Å². The van der Waals surface area contributed by atoms with Crippen LogP contribution >= 0.6 is 7.60 Å². The summed E-state index contributed by atoms with van der Waals surface area (Å²) < 4.78 is 34.1. The van der Waals surface area contributed by atoms with Crippen molar-refractivity contribution in [1.29, 1.82) is 0 Å². The van der Waals surface area contributed by atoms with Crippen molar-refractivity contribution < 1.29 is 23.1 Å². The Bertz CT molecular complexity index is 315. The summed E-state index contributed by atoms with van der Waals surface area (Å²) in [5, 5.41) is 3.22. The molecule has 19 heavy (non-hydrogen) atoms. The number of hydrogen-bond donors (Lipinski definition) is 1. The summed E-state index contributed by atoms with van der Waals surface area (Å²) in [5.74, 6) is -1.18. The van der Waals surface area contributed by atoms with Crippen molar-refractivity contribution >= 4 is 7.60 Å². The molecule has 0 radical (unpaired) electrons. The second-order valence-corrected chi connectivity index (χ2v) is 7.39. The van der Waals surface area contributed by atoms with E-state index in [2.05, 4.69) is 12.2 Å². The maximum Gasteiger partial charge on any atom is 0.349 e. The molecule has 0 aromatic rings. The number of unbranched alkanes of at least 4 members (excludes halogenated alkanes) is 1. The molecule has 0 spiro atoms. The van der Waals surface area contributed by atoms with Crippen LogP contribution in [0.15, 0.2) is 0 Å². The SMILES string of the molecule is CCCCN[C@@H](C1COC(C)(C)O1)P(=O)(OC)OC. The quantitative estimate of drug-likeness (QED) is 0.547. The average Bonchev–Trinajstić information content (AvgIpc) is 2.74. The van der Waals surface area contributed by atoms with E-state index >= 15 is 0 Å². The Morgan fingerprint density at radius 1 is 1.42 bits per heavy atom. The largest absolute Gasteiger partial charge is 0.349 e. The van der Waals surface area contributed by atoms with E-state index in [1.807, 2.05) is 13.8 Å². The number of ether oxygens (including phenoxy) is 2. The van der Waals surface area contributed by atoms with E-state index in [0.29, 0.717) is 6.61 Å². The third-order valence-electron chi connectivity index (χ3n) is 3.12. The first-order valence-corrected chi connectivity index (χ1v) is 8.26. The second-order valence-electron chi connectivity index (χ2n) is 5.02. The van der Waals surface area contributed by atoms with Gasteiger partial charge in [0.2, 0.25) is 0 Å². The van der Waals surface area contributed by atoms with E-state index in [4.69, 9.17) is 18.5 Å². The Morgan fingerprint density at radius 2 is 2.05 bits per heavy atom. The molecule has 1 N–H and O–H groups in total. The van der Waals surface area contributed by atoms with Crippen LogP contribution < -0.4 is 5.32 Å². The fourth-order valence-corrected chi connectivity index (χ4v) is 3.56. The first-order chi connectivity index (χ1) is 8.88. The van der Waals surface area contributed by atoms with Crippen LogP contribution in [-0.4, -0.2) is 45.0 Å². The van der Waals surface area contributed by atoms with Crippen molar-refractivity contribution in [3.05, 3.63) is 0 Å². The number of rotatable bonds is 8. The van der Waals surface area contributed by atoms with Crippen LogP contribution in [0.25, 0.3) is 0 Å². The molecule has 1 aliphatic rings. The van der Waals surface area contributed by atoms with Crippen molar-refractivity contribution in [2.45, 2.75) is 51.3 Å². The van der Waals surface area contributed by atoms with Crippen molar-refractivity contribution in [3.8, 4) is 0 Å². The van der Waals surface area contributed by atoms with E-state index in [9.17, 15) is 4.57 Å². The highest BCUT2D eigenvalue weighted by Gasteiger charge is 2.46. The number of nitrogens with one attached hydrogen (secondary N) is 1. The second kappa shape index (κ2) is 7.16. The van der Waals surface area contributed by atoms with Crippen LogP contribution in [0, 0.1) is 0 Å². The molecule has 0 aromatic carbocycles. The van der Waals surface area contributed by atoms with Crippen molar-refractivity contribution in [1.82, 2.24) is 5.32 Å². The Morgan fingerprint density at radius 3 is 2.47 bits per heavy atom. The standard InChI is InChI=1S/C12H26NO5P/c1-6-7-8-13-11(19(14,15-4)16-5)10-9-17-12(2,3)18-10/h10-11,13H,6-9H2,1-5H3/t10?,11-/m1/s1. The summed E-state index contributed by atoms with van der Waals surface area (Å²) in [6.45, 7) is 6.87. The first-order valence-electron chi connectivity index (χ1n) is 6.65. The van der Waals surface area contributed by atoms with E-state index in [1.165, 1.54) is 14.2 Å². The van der Waals surface area contributed by atoms with Crippen LogP contribution in [-0.2, 0) is 23.1 Å². The van der Waals surface area contributed by atoms with E-state index in [0.717, 1.165) is 19.4 Å². The lowest BCUT2D eigenvalue weighted by Crippen LogP contribution is -2.43. The zero-order chi connectivity index (χ0) is 14.5. The minimum Gasteiger partial charge on any atom is -0.348 e. The van der Waals surface area contributed by atoms with Gasteiger partial charge in [-0.05, 0) is 26.8 Å². The maximum absolute atomic E-state index is 12.6. The highest BCUT2D eigenvalue weighted by molar-refractivity contribution is 7.54. The fourth-order valence-electron chi connectivity index (χ4n) is 2.05. The lowest BCUT2D eigenvalue weighted by atomic mass is 10.3.